The van der Waals surface area contributed by atoms with Crippen molar-refractivity contribution in [3.8, 4) is 5.69 Å². The van der Waals surface area contributed by atoms with E-state index in [4.69, 9.17) is 0 Å². The zero-order valence-corrected chi connectivity index (χ0v) is 17.8. The lowest BCUT2D eigenvalue weighted by molar-refractivity contribution is -0.143. The van der Waals surface area contributed by atoms with Gasteiger partial charge in [0.25, 0.3) is 5.91 Å². The van der Waals surface area contributed by atoms with Gasteiger partial charge in [-0.05, 0) is 31.0 Å². The van der Waals surface area contributed by atoms with E-state index in [9.17, 15) is 35.9 Å². The fourth-order valence-corrected chi connectivity index (χ4v) is 3.67. The van der Waals surface area contributed by atoms with Crippen LogP contribution in [0, 0.1) is 5.92 Å². The van der Waals surface area contributed by atoms with E-state index in [-0.39, 0.29) is 16.5 Å². The van der Waals surface area contributed by atoms with Crippen molar-refractivity contribution in [1.29, 1.82) is 0 Å². The van der Waals surface area contributed by atoms with Crippen LogP contribution in [0.5, 0.6) is 0 Å². The molecule has 1 aromatic carbocycles. The highest BCUT2D eigenvalue weighted by Crippen LogP contribution is 2.35. The van der Waals surface area contributed by atoms with Gasteiger partial charge < -0.3 is 10.2 Å². The number of halogens is 6. The predicted octanol–water partition coefficient (Wildman–Crippen LogP) is 4.29. The molecular weight excluding hydrogens is 454 g/mol. The maximum atomic E-state index is 13.8. The second-order valence-electron chi connectivity index (χ2n) is 8.09. The number of carbonyl (C=O) groups is 2. The summed E-state index contributed by atoms with van der Waals surface area (Å²) >= 11 is 0. The van der Waals surface area contributed by atoms with Gasteiger partial charge in [0.2, 0.25) is 5.91 Å². The molecule has 0 aliphatic carbocycles. The summed E-state index contributed by atoms with van der Waals surface area (Å²) in [6.07, 6.45) is -8.38. The zero-order chi connectivity index (χ0) is 24.6. The van der Waals surface area contributed by atoms with Gasteiger partial charge in [-0.3, -0.25) is 9.59 Å². The number of alkyl halides is 6. The molecule has 1 saturated heterocycles. The average molecular weight is 476 g/mol. The summed E-state index contributed by atoms with van der Waals surface area (Å²) in [5.41, 5.74) is -3.87. The maximum Gasteiger partial charge on any atom is 0.434 e. The van der Waals surface area contributed by atoms with Crippen LogP contribution >= 0.6 is 0 Å². The number of nitrogens with one attached hydrogen (secondary N) is 1. The molecule has 33 heavy (non-hydrogen) atoms. The van der Waals surface area contributed by atoms with Gasteiger partial charge in [-0.1, -0.05) is 19.9 Å². The molecule has 2 heterocycles. The molecule has 0 unspecified atom stereocenters. The largest absolute Gasteiger partial charge is 0.434 e. The third kappa shape index (κ3) is 5.48. The van der Waals surface area contributed by atoms with E-state index < -0.39 is 46.8 Å². The molecule has 180 valence electrons. The number of carbonyl (C=O) groups excluding carboxylic acids is 2. The van der Waals surface area contributed by atoms with Crippen LogP contribution in [0.4, 0.5) is 26.3 Å². The lowest BCUT2D eigenvalue weighted by Crippen LogP contribution is -2.47. The summed E-state index contributed by atoms with van der Waals surface area (Å²) in [7, 11) is 0. The molecule has 3 rings (SSSR count). The third-order valence-electron chi connectivity index (χ3n) is 5.34. The number of amides is 2. The lowest BCUT2D eigenvalue weighted by Gasteiger charge is -2.33. The smallest absolute Gasteiger partial charge is 0.349 e. The molecule has 2 amide bonds. The number of nitrogens with zero attached hydrogens (tertiary/aromatic N) is 3. The molecule has 0 spiro atoms. The maximum absolute atomic E-state index is 13.8. The zero-order valence-electron chi connectivity index (χ0n) is 17.8. The molecule has 0 radical (unpaired) electrons. The molecule has 0 saturated carbocycles. The first-order chi connectivity index (χ1) is 15.3. The van der Waals surface area contributed by atoms with E-state index in [1.54, 1.807) is 18.7 Å². The van der Waals surface area contributed by atoms with E-state index >= 15 is 0 Å². The van der Waals surface area contributed by atoms with E-state index in [1.807, 2.05) is 0 Å². The van der Waals surface area contributed by atoms with Crippen LogP contribution < -0.4 is 5.32 Å². The number of benzene rings is 1. The Morgan fingerprint density at radius 1 is 1.06 bits per heavy atom. The molecular formula is C21H22F6N4O2. The number of hydrogen-bond acceptors (Lipinski definition) is 3. The average Bonchev–Trinajstić information content (AvgIpc) is 3.19. The van der Waals surface area contributed by atoms with Gasteiger partial charge in [0.1, 0.15) is 0 Å². The Bertz CT molecular complexity index is 1020. The molecule has 1 aliphatic rings. The van der Waals surface area contributed by atoms with E-state index in [1.165, 1.54) is 0 Å². The van der Waals surface area contributed by atoms with Gasteiger partial charge in [-0.2, -0.15) is 31.4 Å². The van der Waals surface area contributed by atoms with Crippen LogP contribution in [0.3, 0.4) is 0 Å². The number of rotatable bonds is 4. The van der Waals surface area contributed by atoms with Crippen molar-refractivity contribution in [2.75, 3.05) is 13.1 Å². The summed E-state index contributed by atoms with van der Waals surface area (Å²) in [5, 5.41) is 6.09. The van der Waals surface area contributed by atoms with Crippen molar-refractivity contribution in [2.45, 2.75) is 45.1 Å². The first-order valence-electron chi connectivity index (χ1n) is 10.2. The minimum atomic E-state index is -5.05. The molecule has 2 aromatic rings. The van der Waals surface area contributed by atoms with Gasteiger partial charge in [0.15, 0.2) is 5.69 Å². The Labute approximate surface area is 185 Å². The van der Waals surface area contributed by atoms with Crippen LogP contribution in [0.2, 0.25) is 0 Å². The Morgan fingerprint density at radius 3 is 2.24 bits per heavy atom. The quantitative estimate of drug-likeness (QED) is 0.670. The Hall–Kier alpha value is -3.05. The van der Waals surface area contributed by atoms with Crippen molar-refractivity contribution >= 4 is 11.8 Å². The topological polar surface area (TPSA) is 67.2 Å². The second-order valence-corrected chi connectivity index (χ2v) is 8.09. The van der Waals surface area contributed by atoms with Crippen LogP contribution in [0.15, 0.2) is 30.5 Å². The Kier molecular flexibility index (Phi) is 6.75. The molecule has 6 nitrogen and oxygen atoms in total. The summed E-state index contributed by atoms with van der Waals surface area (Å²) in [6, 6.07) is 2.81. The summed E-state index contributed by atoms with van der Waals surface area (Å²) in [4.78, 5) is 26.3. The van der Waals surface area contributed by atoms with E-state index in [0.717, 1.165) is 18.2 Å². The van der Waals surface area contributed by atoms with Gasteiger partial charge >= 0.3 is 12.4 Å². The molecule has 0 bridgehead atoms. The molecule has 12 heteroatoms. The van der Waals surface area contributed by atoms with Crippen molar-refractivity contribution in [2.24, 2.45) is 5.92 Å². The van der Waals surface area contributed by atoms with Gasteiger partial charge in [0.05, 0.1) is 23.0 Å². The number of hydrogen-bond donors (Lipinski definition) is 1. The summed E-state index contributed by atoms with van der Waals surface area (Å²) in [5.74, 6) is -1.26. The first-order valence-corrected chi connectivity index (χ1v) is 10.2. The highest BCUT2D eigenvalue weighted by Gasteiger charge is 2.41. The van der Waals surface area contributed by atoms with Crippen LogP contribution in [-0.4, -0.2) is 45.6 Å². The molecule has 1 fully saturated rings. The Balaban J connectivity index is 1.83. The third-order valence-corrected chi connectivity index (χ3v) is 5.34. The number of likely N-dealkylation sites (tertiary alicyclic amines) is 1. The van der Waals surface area contributed by atoms with Crippen LogP contribution in [0.1, 0.15) is 48.3 Å². The Morgan fingerprint density at radius 2 is 1.70 bits per heavy atom. The molecule has 1 N–H and O–H groups in total. The number of aromatic nitrogens is 2. The van der Waals surface area contributed by atoms with Crippen molar-refractivity contribution in [1.82, 2.24) is 20.0 Å². The van der Waals surface area contributed by atoms with E-state index in [0.29, 0.717) is 38.2 Å². The molecule has 1 aromatic heterocycles. The number of piperidine rings is 1. The SMILES string of the molecule is CC(C)C(=O)N1CCC(NC(=O)c2cnn(-c3cccc(C(F)(F)F)c3)c2C(F)(F)F)CC1. The van der Waals surface area contributed by atoms with Gasteiger partial charge in [-0.15, -0.1) is 0 Å². The lowest BCUT2D eigenvalue weighted by atomic mass is 10.0. The summed E-state index contributed by atoms with van der Waals surface area (Å²) in [6.45, 7) is 4.24. The standard InChI is InChI=1S/C21H22F6N4O2/c1-12(2)19(33)30-8-6-14(7-9-30)29-18(32)16-11-28-31(17(16)21(25,26)27)15-5-3-4-13(10-15)20(22,23)24/h3-5,10-12,14H,6-9H2,1-2H3,(H,29,32). The predicted molar refractivity (Wildman–Crippen MR) is 105 cm³/mol. The van der Waals surface area contributed by atoms with Gasteiger partial charge in [0, 0.05) is 25.0 Å². The normalized spacial score (nSPS) is 15.7. The fourth-order valence-electron chi connectivity index (χ4n) is 3.67. The molecule has 0 atom stereocenters. The summed E-state index contributed by atoms with van der Waals surface area (Å²) < 4.78 is 80.7. The van der Waals surface area contributed by atoms with Crippen molar-refractivity contribution < 1.29 is 35.9 Å². The van der Waals surface area contributed by atoms with Crippen LogP contribution in [-0.2, 0) is 17.1 Å². The highest BCUT2D eigenvalue weighted by atomic mass is 19.4. The monoisotopic (exact) mass is 476 g/mol. The fraction of sp³-hybridized carbons (Fsp3) is 0.476. The van der Waals surface area contributed by atoms with Gasteiger partial charge in [-0.25, -0.2) is 4.68 Å². The molecule has 1 aliphatic heterocycles. The van der Waals surface area contributed by atoms with Crippen LogP contribution in [0.25, 0.3) is 5.69 Å². The van der Waals surface area contributed by atoms with E-state index in [2.05, 4.69) is 10.4 Å². The minimum Gasteiger partial charge on any atom is -0.349 e. The van der Waals surface area contributed by atoms with Crippen molar-refractivity contribution in [3.05, 3.63) is 47.3 Å². The van der Waals surface area contributed by atoms with Crippen molar-refractivity contribution in [3.63, 3.8) is 0 Å². The first kappa shape index (κ1) is 24.6. The second kappa shape index (κ2) is 9.06. The minimum absolute atomic E-state index is 0.0403. The highest BCUT2D eigenvalue weighted by molar-refractivity contribution is 5.95.